The molecule has 0 saturated heterocycles. The Morgan fingerprint density at radius 1 is 1.60 bits per heavy atom. The monoisotopic (exact) mass is 225 g/mol. The van der Waals surface area contributed by atoms with Crippen molar-refractivity contribution in [3.8, 4) is 5.75 Å². The van der Waals surface area contributed by atoms with E-state index in [4.69, 9.17) is 11.6 Å². The number of halogens is 1. The lowest BCUT2D eigenvalue weighted by molar-refractivity contribution is -0.111. The van der Waals surface area contributed by atoms with Crippen LogP contribution in [-0.4, -0.2) is 11.0 Å². The predicted molar refractivity (Wildman–Crippen MR) is 61.4 cm³/mol. The zero-order chi connectivity index (χ0) is 11.6. The fourth-order valence-corrected chi connectivity index (χ4v) is 1.37. The number of carbonyl (C=O) groups excluding carboxylic acids is 1. The molecule has 1 aromatic carbocycles. The summed E-state index contributed by atoms with van der Waals surface area (Å²) in [7, 11) is 0. The number of phenols is 1. The topological polar surface area (TPSA) is 49.3 Å². The van der Waals surface area contributed by atoms with Crippen LogP contribution < -0.4 is 5.32 Å². The van der Waals surface area contributed by atoms with Crippen LogP contribution >= 0.6 is 11.6 Å². The summed E-state index contributed by atoms with van der Waals surface area (Å²) in [5.41, 5.74) is 1.70. The minimum atomic E-state index is -0.369. The number of aryl methyl sites for hydroxylation is 1. The predicted octanol–water partition coefficient (Wildman–Crippen LogP) is 2.79. The molecule has 1 rings (SSSR count). The van der Waals surface area contributed by atoms with Crippen LogP contribution in [-0.2, 0) is 4.79 Å². The number of aromatic hydroxyl groups is 1. The second kappa shape index (κ2) is 4.36. The highest BCUT2D eigenvalue weighted by atomic mass is 35.5. The highest BCUT2D eigenvalue weighted by molar-refractivity contribution is 6.32. The first-order chi connectivity index (χ1) is 6.97. The van der Waals surface area contributed by atoms with Gasteiger partial charge in [-0.15, -0.1) is 0 Å². The van der Waals surface area contributed by atoms with Gasteiger partial charge in [-0.1, -0.05) is 18.2 Å². The molecule has 0 aliphatic rings. The van der Waals surface area contributed by atoms with Gasteiger partial charge in [-0.05, 0) is 31.6 Å². The molecule has 0 aromatic heterocycles. The molecule has 0 saturated carbocycles. The summed E-state index contributed by atoms with van der Waals surface area (Å²) in [5, 5.41) is 12.7. The molecule has 0 aliphatic heterocycles. The third kappa shape index (κ3) is 2.30. The lowest BCUT2D eigenvalue weighted by Gasteiger charge is -2.11. The van der Waals surface area contributed by atoms with Gasteiger partial charge in [-0.3, -0.25) is 4.79 Å². The number of phenolic OH excluding ortho intramolecular Hbond substituents is 1. The molecule has 0 aliphatic carbocycles. The molecule has 80 valence electrons. The third-order valence-electron chi connectivity index (χ3n) is 2.09. The van der Waals surface area contributed by atoms with Crippen LogP contribution in [0.25, 0.3) is 0 Å². The van der Waals surface area contributed by atoms with Crippen LogP contribution in [0.15, 0.2) is 18.7 Å². The van der Waals surface area contributed by atoms with Crippen molar-refractivity contribution in [1.82, 2.24) is 0 Å². The van der Waals surface area contributed by atoms with E-state index in [9.17, 15) is 9.90 Å². The maximum Gasteiger partial charge on any atom is 0.247 e. The molecule has 0 bridgehead atoms. The first-order valence-corrected chi connectivity index (χ1v) is 4.77. The molecule has 0 spiro atoms. The Balaban J connectivity index is 3.20. The number of benzene rings is 1. The van der Waals surface area contributed by atoms with E-state index in [0.717, 1.165) is 11.6 Å². The first-order valence-electron chi connectivity index (χ1n) is 4.39. The van der Waals surface area contributed by atoms with E-state index in [-0.39, 0.29) is 11.7 Å². The first kappa shape index (κ1) is 11.6. The molecule has 2 N–H and O–H groups in total. The maximum absolute atomic E-state index is 11.1. The van der Waals surface area contributed by atoms with E-state index >= 15 is 0 Å². The Morgan fingerprint density at radius 3 is 2.73 bits per heavy atom. The minimum Gasteiger partial charge on any atom is -0.505 e. The molecular formula is C11H12ClNO2. The van der Waals surface area contributed by atoms with Crippen LogP contribution in [0.3, 0.4) is 0 Å². The zero-order valence-corrected chi connectivity index (χ0v) is 9.35. The van der Waals surface area contributed by atoms with E-state index in [1.165, 1.54) is 0 Å². The highest BCUT2D eigenvalue weighted by Gasteiger charge is 2.11. The summed E-state index contributed by atoms with van der Waals surface area (Å²) < 4.78 is 0. The number of hydrogen-bond donors (Lipinski definition) is 2. The Kier molecular flexibility index (Phi) is 3.37. The second-order valence-corrected chi connectivity index (χ2v) is 3.60. The molecule has 0 unspecified atom stereocenters. The van der Waals surface area contributed by atoms with Crippen LogP contribution in [0.5, 0.6) is 5.75 Å². The van der Waals surface area contributed by atoms with Gasteiger partial charge in [0.05, 0.1) is 10.7 Å². The van der Waals surface area contributed by atoms with E-state index < -0.39 is 0 Å². The van der Waals surface area contributed by atoms with Crippen LogP contribution in [0.2, 0.25) is 5.02 Å². The van der Waals surface area contributed by atoms with E-state index in [1.807, 2.05) is 0 Å². The Morgan fingerprint density at radius 2 is 2.20 bits per heavy atom. The third-order valence-corrected chi connectivity index (χ3v) is 2.67. The lowest BCUT2D eigenvalue weighted by atomic mass is 10.1. The largest absolute Gasteiger partial charge is 0.505 e. The normalized spacial score (nSPS) is 9.80. The molecular weight excluding hydrogens is 214 g/mol. The van der Waals surface area contributed by atoms with Gasteiger partial charge in [0, 0.05) is 5.56 Å². The molecule has 0 radical (unpaired) electrons. The van der Waals surface area contributed by atoms with E-state index in [2.05, 4.69) is 11.9 Å². The summed E-state index contributed by atoms with van der Waals surface area (Å²) in [6, 6.07) is 1.62. The van der Waals surface area contributed by atoms with Gasteiger partial charge in [0.1, 0.15) is 5.75 Å². The molecule has 0 fully saturated rings. The smallest absolute Gasteiger partial charge is 0.247 e. The lowest BCUT2D eigenvalue weighted by Crippen LogP contribution is -2.08. The van der Waals surface area contributed by atoms with Gasteiger partial charge in [0.15, 0.2) is 0 Å². The van der Waals surface area contributed by atoms with E-state index in [1.54, 1.807) is 19.9 Å². The second-order valence-electron chi connectivity index (χ2n) is 3.22. The summed E-state index contributed by atoms with van der Waals surface area (Å²) in [5.74, 6) is -0.382. The SMILES string of the molecule is C=CC(=O)Nc1cc(C)c(Cl)c(C)c1O. The van der Waals surface area contributed by atoms with Gasteiger partial charge < -0.3 is 10.4 Å². The number of nitrogens with one attached hydrogen (secondary N) is 1. The van der Waals surface area contributed by atoms with Gasteiger partial charge in [-0.2, -0.15) is 0 Å². The quantitative estimate of drug-likeness (QED) is 0.601. The Labute approximate surface area is 93.4 Å². The maximum atomic E-state index is 11.1. The van der Waals surface area contributed by atoms with E-state index in [0.29, 0.717) is 16.3 Å². The highest BCUT2D eigenvalue weighted by Crippen LogP contribution is 2.35. The van der Waals surface area contributed by atoms with Crippen LogP contribution in [0, 0.1) is 13.8 Å². The standard InChI is InChI=1S/C11H12ClNO2/c1-4-9(14)13-8-5-6(2)10(12)7(3)11(8)15/h4-5,15H,1H2,2-3H3,(H,13,14). The molecule has 1 aromatic rings. The van der Waals surface area contributed by atoms with Crippen molar-refractivity contribution in [3.63, 3.8) is 0 Å². The molecule has 3 nitrogen and oxygen atoms in total. The van der Waals surface area contributed by atoms with Crippen molar-refractivity contribution in [1.29, 1.82) is 0 Å². The summed E-state index contributed by atoms with van der Waals surface area (Å²) in [6.07, 6.45) is 1.14. The fraction of sp³-hybridized carbons (Fsp3) is 0.182. The minimum absolute atomic E-state index is 0.0131. The van der Waals surface area contributed by atoms with Crippen molar-refractivity contribution >= 4 is 23.2 Å². The summed E-state index contributed by atoms with van der Waals surface area (Å²) in [4.78, 5) is 11.1. The van der Waals surface area contributed by atoms with Gasteiger partial charge in [-0.25, -0.2) is 0 Å². The van der Waals surface area contributed by atoms with Gasteiger partial charge >= 0.3 is 0 Å². The summed E-state index contributed by atoms with van der Waals surface area (Å²) >= 11 is 5.93. The fourth-order valence-electron chi connectivity index (χ4n) is 1.23. The van der Waals surface area contributed by atoms with Crippen molar-refractivity contribution in [3.05, 3.63) is 34.9 Å². The molecule has 1 amide bonds. The van der Waals surface area contributed by atoms with Crippen molar-refractivity contribution in [2.75, 3.05) is 5.32 Å². The zero-order valence-electron chi connectivity index (χ0n) is 8.60. The molecule has 15 heavy (non-hydrogen) atoms. The number of anilines is 1. The Bertz CT molecular complexity index is 427. The van der Waals surface area contributed by atoms with Crippen LogP contribution in [0.4, 0.5) is 5.69 Å². The number of amides is 1. The van der Waals surface area contributed by atoms with Crippen molar-refractivity contribution in [2.45, 2.75) is 13.8 Å². The average molecular weight is 226 g/mol. The molecule has 4 heteroatoms. The van der Waals surface area contributed by atoms with Gasteiger partial charge in [0.25, 0.3) is 0 Å². The number of carbonyl (C=O) groups is 1. The number of rotatable bonds is 2. The molecule has 0 heterocycles. The van der Waals surface area contributed by atoms with Crippen molar-refractivity contribution < 1.29 is 9.90 Å². The van der Waals surface area contributed by atoms with Crippen molar-refractivity contribution in [2.24, 2.45) is 0 Å². The Hall–Kier alpha value is -1.48. The average Bonchev–Trinajstić information content (AvgIpc) is 2.22. The van der Waals surface area contributed by atoms with Gasteiger partial charge in [0.2, 0.25) is 5.91 Å². The number of hydrogen-bond acceptors (Lipinski definition) is 2. The summed E-state index contributed by atoms with van der Waals surface area (Å²) in [6.45, 7) is 6.82. The van der Waals surface area contributed by atoms with Crippen LogP contribution in [0.1, 0.15) is 11.1 Å². The molecule has 0 atom stereocenters.